The summed E-state index contributed by atoms with van der Waals surface area (Å²) < 4.78 is 3.67. The molecule has 0 radical (unpaired) electrons. The van der Waals surface area contributed by atoms with Crippen molar-refractivity contribution in [2.24, 2.45) is 0 Å². The standard InChI is InChI=1S/C14H14N4O/c19-14-12-4-1-2-5-13(12)16-11-18(14)8-3-7-17-9-6-15-10-17/h1-2,4-6,9-11H,3,7-8H2. The predicted molar refractivity (Wildman–Crippen MR) is 72.8 cm³/mol. The zero-order valence-corrected chi connectivity index (χ0v) is 10.4. The van der Waals surface area contributed by atoms with E-state index in [4.69, 9.17) is 0 Å². The smallest absolute Gasteiger partial charge is 0.261 e. The van der Waals surface area contributed by atoms with Crippen LogP contribution in [0, 0.1) is 0 Å². The highest BCUT2D eigenvalue weighted by Crippen LogP contribution is 2.05. The Morgan fingerprint density at radius 2 is 2.00 bits per heavy atom. The molecule has 0 spiro atoms. The third-order valence-corrected chi connectivity index (χ3v) is 3.11. The van der Waals surface area contributed by atoms with Crippen LogP contribution in [0.5, 0.6) is 0 Å². The maximum absolute atomic E-state index is 12.2. The zero-order valence-electron chi connectivity index (χ0n) is 10.4. The van der Waals surface area contributed by atoms with Crippen LogP contribution in [-0.2, 0) is 13.1 Å². The number of hydrogen-bond acceptors (Lipinski definition) is 3. The molecule has 2 aromatic heterocycles. The summed E-state index contributed by atoms with van der Waals surface area (Å²) in [5.41, 5.74) is 0.773. The van der Waals surface area contributed by atoms with E-state index in [0.29, 0.717) is 11.9 Å². The van der Waals surface area contributed by atoms with Crippen molar-refractivity contribution in [1.29, 1.82) is 0 Å². The summed E-state index contributed by atoms with van der Waals surface area (Å²) in [6.07, 6.45) is 7.95. The van der Waals surface area contributed by atoms with Gasteiger partial charge in [-0.15, -0.1) is 0 Å². The maximum atomic E-state index is 12.2. The SMILES string of the molecule is O=c1c2ccccc2ncn1CCCn1ccnc1. The molecule has 0 aliphatic carbocycles. The lowest BCUT2D eigenvalue weighted by atomic mass is 10.2. The molecule has 2 heterocycles. The molecular formula is C14H14N4O. The van der Waals surface area contributed by atoms with E-state index >= 15 is 0 Å². The van der Waals surface area contributed by atoms with Crippen molar-refractivity contribution >= 4 is 10.9 Å². The minimum Gasteiger partial charge on any atom is -0.337 e. The molecule has 0 fully saturated rings. The van der Waals surface area contributed by atoms with Gasteiger partial charge in [0.15, 0.2) is 0 Å². The first kappa shape index (κ1) is 11.6. The van der Waals surface area contributed by atoms with Gasteiger partial charge in [0.1, 0.15) is 0 Å². The predicted octanol–water partition coefficient (Wildman–Crippen LogP) is 1.68. The van der Waals surface area contributed by atoms with E-state index in [0.717, 1.165) is 18.5 Å². The molecule has 19 heavy (non-hydrogen) atoms. The van der Waals surface area contributed by atoms with Crippen molar-refractivity contribution in [2.45, 2.75) is 19.5 Å². The van der Waals surface area contributed by atoms with Crippen LogP contribution in [0.3, 0.4) is 0 Å². The topological polar surface area (TPSA) is 52.7 Å². The largest absolute Gasteiger partial charge is 0.337 e. The van der Waals surface area contributed by atoms with Gasteiger partial charge in [-0.2, -0.15) is 0 Å². The van der Waals surface area contributed by atoms with Crippen LogP contribution in [-0.4, -0.2) is 19.1 Å². The van der Waals surface area contributed by atoms with Gasteiger partial charge in [0.05, 0.1) is 23.6 Å². The lowest BCUT2D eigenvalue weighted by Crippen LogP contribution is -2.21. The summed E-state index contributed by atoms with van der Waals surface area (Å²) in [6, 6.07) is 7.42. The molecule has 5 nitrogen and oxygen atoms in total. The number of rotatable bonds is 4. The molecule has 96 valence electrons. The molecule has 0 atom stereocenters. The highest BCUT2D eigenvalue weighted by Gasteiger charge is 2.02. The van der Waals surface area contributed by atoms with E-state index in [-0.39, 0.29) is 5.56 Å². The Morgan fingerprint density at radius 3 is 2.84 bits per heavy atom. The number of hydrogen-bond donors (Lipinski definition) is 0. The third kappa shape index (κ3) is 2.40. The molecule has 0 unspecified atom stereocenters. The zero-order chi connectivity index (χ0) is 13.1. The molecule has 0 saturated carbocycles. The molecular weight excluding hydrogens is 240 g/mol. The molecule has 3 aromatic rings. The number of imidazole rings is 1. The van der Waals surface area contributed by atoms with Crippen molar-refractivity contribution in [3.8, 4) is 0 Å². The maximum Gasteiger partial charge on any atom is 0.261 e. The molecule has 5 heteroatoms. The summed E-state index contributed by atoms with van der Waals surface area (Å²) in [7, 11) is 0. The van der Waals surface area contributed by atoms with Crippen molar-refractivity contribution < 1.29 is 0 Å². The molecule has 3 rings (SSSR count). The average Bonchev–Trinajstić information content (AvgIpc) is 2.95. The minimum atomic E-state index is 0.0243. The summed E-state index contributed by atoms with van der Waals surface area (Å²) in [6.45, 7) is 1.51. The second kappa shape index (κ2) is 5.06. The van der Waals surface area contributed by atoms with Crippen LogP contribution >= 0.6 is 0 Å². The fourth-order valence-electron chi connectivity index (χ4n) is 2.11. The van der Waals surface area contributed by atoms with Crippen LogP contribution < -0.4 is 5.56 Å². The van der Waals surface area contributed by atoms with E-state index in [1.165, 1.54) is 0 Å². The quantitative estimate of drug-likeness (QED) is 0.712. The summed E-state index contributed by atoms with van der Waals surface area (Å²) in [4.78, 5) is 20.5. The Labute approximate surface area is 110 Å². The summed E-state index contributed by atoms with van der Waals surface area (Å²) >= 11 is 0. The average molecular weight is 254 g/mol. The fourth-order valence-corrected chi connectivity index (χ4v) is 2.11. The number of nitrogens with zero attached hydrogens (tertiary/aromatic N) is 4. The number of para-hydroxylation sites is 1. The van der Waals surface area contributed by atoms with Gasteiger partial charge in [0, 0.05) is 25.5 Å². The first-order chi connectivity index (χ1) is 9.34. The second-order valence-corrected chi connectivity index (χ2v) is 4.41. The number of benzene rings is 1. The molecule has 0 N–H and O–H groups in total. The van der Waals surface area contributed by atoms with Crippen LogP contribution in [0.4, 0.5) is 0 Å². The molecule has 0 saturated heterocycles. The van der Waals surface area contributed by atoms with Crippen LogP contribution in [0.2, 0.25) is 0 Å². The molecule has 0 aliphatic rings. The van der Waals surface area contributed by atoms with Crippen LogP contribution in [0.25, 0.3) is 10.9 Å². The van der Waals surface area contributed by atoms with Gasteiger partial charge in [-0.25, -0.2) is 9.97 Å². The van der Waals surface area contributed by atoms with Gasteiger partial charge >= 0.3 is 0 Å². The first-order valence-electron chi connectivity index (χ1n) is 6.24. The highest BCUT2D eigenvalue weighted by molar-refractivity contribution is 5.76. The van der Waals surface area contributed by atoms with Crippen LogP contribution in [0.1, 0.15) is 6.42 Å². The Balaban J connectivity index is 1.78. The normalized spacial score (nSPS) is 10.9. The lowest BCUT2D eigenvalue weighted by Gasteiger charge is -2.06. The van der Waals surface area contributed by atoms with Crippen LogP contribution in [0.15, 0.2) is 54.1 Å². The van der Waals surface area contributed by atoms with E-state index < -0.39 is 0 Å². The van der Waals surface area contributed by atoms with Crippen molar-refractivity contribution in [1.82, 2.24) is 19.1 Å². The molecule has 0 amide bonds. The van der Waals surface area contributed by atoms with Gasteiger partial charge in [0.2, 0.25) is 0 Å². The van der Waals surface area contributed by atoms with Crippen molar-refractivity contribution in [3.63, 3.8) is 0 Å². The summed E-state index contributed by atoms with van der Waals surface area (Å²) in [5, 5.41) is 0.674. The Morgan fingerprint density at radius 1 is 1.11 bits per heavy atom. The molecule has 0 bridgehead atoms. The number of aryl methyl sites for hydroxylation is 2. The Bertz CT molecular complexity index is 731. The van der Waals surface area contributed by atoms with Gasteiger partial charge < -0.3 is 4.57 Å². The number of fused-ring (bicyclic) bond motifs is 1. The van der Waals surface area contributed by atoms with E-state index in [9.17, 15) is 4.79 Å². The Kier molecular flexibility index (Phi) is 3.10. The van der Waals surface area contributed by atoms with E-state index in [1.807, 2.05) is 35.0 Å². The second-order valence-electron chi connectivity index (χ2n) is 4.41. The van der Waals surface area contributed by atoms with Gasteiger partial charge in [-0.05, 0) is 18.6 Å². The fraction of sp³-hybridized carbons (Fsp3) is 0.214. The van der Waals surface area contributed by atoms with Crippen molar-refractivity contribution in [2.75, 3.05) is 0 Å². The van der Waals surface area contributed by atoms with Crippen molar-refractivity contribution in [3.05, 3.63) is 59.7 Å². The monoisotopic (exact) mass is 254 g/mol. The minimum absolute atomic E-state index is 0.0243. The first-order valence-corrected chi connectivity index (χ1v) is 6.24. The lowest BCUT2D eigenvalue weighted by molar-refractivity contribution is 0.550. The summed E-state index contributed by atoms with van der Waals surface area (Å²) in [5.74, 6) is 0. The van der Waals surface area contributed by atoms with E-state index in [2.05, 4.69) is 9.97 Å². The third-order valence-electron chi connectivity index (χ3n) is 3.11. The van der Waals surface area contributed by atoms with Gasteiger partial charge in [0.25, 0.3) is 5.56 Å². The van der Waals surface area contributed by atoms with E-state index in [1.54, 1.807) is 23.4 Å². The molecule has 1 aromatic carbocycles. The molecule has 0 aliphatic heterocycles. The number of aromatic nitrogens is 4. The Hall–Kier alpha value is -2.43. The van der Waals surface area contributed by atoms with Gasteiger partial charge in [-0.3, -0.25) is 9.36 Å². The van der Waals surface area contributed by atoms with Gasteiger partial charge in [-0.1, -0.05) is 12.1 Å². The highest BCUT2D eigenvalue weighted by atomic mass is 16.1.